The van der Waals surface area contributed by atoms with E-state index in [9.17, 15) is 4.79 Å². The summed E-state index contributed by atoms with van der Waals surface area (Å²) in [5.41, 5.74) is 0. The van der Waals surface area contributed by atoms with Crippen LogP contribution in [0.1, 0.15) is 6.92 Å². The van der Waals surface area contributed by atoms with Crippen LogP contribution in [0.4, 0.5) is 0 Å². The van der Waals surface area contributed by atoms with Crippen LogP contribution in [0.15, 0.2) is 0 Å². The Bertz CT molecular complexity index is 179. The van der Waals surface area contributed by atoms with Gasteiger partial charge in [-0.1, -0.05) is 0 Å². The highest BCUT2D eigenvalue weighted by molar-refractivity contribution is 5.81. The molecule has 1 fully saturated rings. The summed E-state index contributed by atoms with van der Waals surface area (Å²) in [7, 11) is 1.75. The van der Waals surface area contributed by atoms with Crippen molar-refractivity contribution in [3.8, 4) is 0 Å². The zero-order valence-electron chi connectivity index (χ0n) is 8.71. The SMILES string of the molecule is CN[C@@H](C)C(=O)NC1COCCOC1. The van der Waals surface area contributed by atoms with Gasteiger partial charge in [0.05, 0.1) is 38.5 Å². The molecule has 1 aliphatic rings. The van der Waals surface area contributed by atoms with Gasteiger partial charge in [-0.25, -0.2) is 0 Å². The Kier molecular flexibility index (Phi) is 4.86. The van der Waals surface area contributed by atoms with E-state index in [-0.39, 0.29) is 18.0 Å². The van der Waals surface area contributed by atoms with Gasteiger partial charge in [-0.05, 0) is 14.0 Å². The predicted molar refractivity (Wildman–Crippen MR) is 52.1 cm³/mol. The molecule has 0 spiro atoms. The van der Waals surface area contributed by atoms with Crippen molar-refractivity contribution in [2.45, 2.75) is 19.0 Å². The first kappa shape index (κ1) is 11.4. The maximum Gasteiger partial charge on any atom is 0.237 e. The van der Waals surface area contributed by atoms with Crippen molar-refractivity contribution in [2.75, 3.05) is 33.5 Å². The Balaban J connectivity index is 2.30. The average Bonchev–Trinajstić information content (AvgIpc) is 2.45. The van der Waals surface area contributed by atoms with E-state index in [0.29, 0.717) is 26.4 Å². The van der Waals surface area contributed by atoms with E-state index in [2.05, 4.69) is 10.6 Å². The zero-order chi connectivity index (χ0) is 10.4. The average molecular weight is 202 g/mol. The number of carbonyl (C=O) groups is 1. The van der Waals surface area contributed by atoms with Gasteiger partial charge in [-0.2, -0.15) is 0 Å². The smallest absolute Gasteiger partial charge is 0.237 e. The van der Waals surface area contributed by atoms with Gasteiger partial charge in [-0.3, -0.25) is 4.79 Å². The Morgan fingerprint density at radius 2 is 1.93 bits per heavy atom. The first-order valence-electron chi connectivity index (χ1n) is 4.87. The molecule has 1 saturated heterocycles. The van der Waals surface area contributed by atoms with Gasteiger partial charge in [-0.15, -0.1) is 0 Å². The third-order valence-corrected chi connectivity index (χ3v) is 2.18. The van der Waals surface area contributed by atoms with Crippen molar-refractivity contribution in [2.24, 2.45) is 0 Å². The molecule has 5 heteroatoms. The third-order valence-electron chi connectivity index (χ3n) is 2.18. The van der Waals surface area contributed by atoms with Crippen molar-refractivity contribution in [3.63, 3.8) is 0 Å². The van der Waals surface area contributed by atoms with Crippen molar-refractivity contribution in [3.05, 3.63) is 0 Å². The van der Waals surface area contributed by atoms with E-state index in [1.165, 1.54) is 0 Å². The number of rotatable bonds is 3. The van der Waals surface area contributed by atoms with Gasteiger partial charge in [0.1, 0.15) is 0 Å². The number of nitrogens with one attached hydrogen (secondary N) is 2. The highest BCUT2D eigenvalue weighted by Crippen LogP contribution is 1.95. The second kappa shape index (κ2) is 5.95. The summed E-state index contributed by atoms with van der Waals surface area (Å²) in [6.07, 6.45) is 0. The van der Waals surface area contributed by atoms with Crippen molar-refractivity contribution in [1.29, 1.82) is 0 Å². The van der Waals surface area contributed by atoms with E-state index >= 15 is 0 Å². The Hall–Kier alpha value is -0.650. The zero-order valence-corrected chi connectivity index (χ0v) is 8.71. The van der Waals surface area contributed by atoms with Gasteiger partial charge in [0.25, 0.3) is 0 Å². The summed E-state index contributed by atoms with van der Waals surface area (Å²) in [5, 5.41) is 5.73. The molecule has 2 N–H and O–H groups in total. The lowest BCUT2D eigenvalue weighted by molar-refractivity contribution is -0.123. The molecule has 0 aromatic heterocycles. The van der Waals surface area contributed by atoms with Crippen LogP contribution in [-0.4, -0.2) is 51.5 Å². The van der Waals surface area contributed by atoms with Crippen LogP contribution in [0.2, 0.25) is 0 Å². The van der Waals surface area contributed by atoms with Crippen molar-refractivity contribution in [1.82, 2.24) is 10.6 Å². The van der Waals surface area contributed by atoms with E-state index in [1.54, 1.807) is 7.05 Å². The van der Waals surface area contributed by atoms with Gasteiger partial charge < -0.3 is 20.1 Å². The third kappa shape index (κ3) is 3.61. The van der Waals surface area contributed by atoms with Crippen LogP contribution >= 0.6 is 0 Å². The van der Waals surface area contributed by atoms with Gasteiger partial charge in [0.15, 0.2) is 0 Å². The fourth-order valence-electron chi connectivity index (χ4n) is 1.16. The molecule has 0 bridgehead atoms. The molecule has 5 nitrogen and oxygen atoms in total. The number of hydrogen-bond donors (Lipinski definition) is 2. The Morgan fingerprint density at radius 3 is 2.43 bits per heavy atom. The van der Waals surface area contributed by atoms with Crippen LogP contribution in [0.5, 0.6) is 0 Å². The van der Waals surface area contributed by atoms with Crippen molar-refractivity contribution >= 4 is 5.91 Å². The molecule has 1 heterocycles. The molecule has 0 aromatic carbocycles. The lowest BCUT2D eigenvalue weighted by Crippen LogP contribution is -2.48. The second-order valence-electron chi connectivity index (χ2n) is 3.37. The molecule has 82 valence electrons. The van der Waals surface area contributed by atoms with Crippen LogP contribution < -0.4 is 10.6 Å². The van der Waals surface area contributed by atoms with Gasteiger partial charge in [0, 0.05) is 0 Å². The summed E-state index contributed by atoms with van der Waals surface area (Å²) in [5.74, 6) is -0.0217. The van der Waals surface area contributed by atoms with E-state index in [4.69, 9.17) is 9.47 Å². The summed E-state index contributed by atoms with van der Waals surface area (Å²) in [4.78, 5) is 11.5. The summed E-state index contributed by atoms with van der Waals surface area (Å²) in [6, 6.07) is -0.209. The number of likely N-dealkylation sites (N-methyl/N-ethyl adjacent to an activating group) is 1. The van der Waals surface area contributed by atoms with Gasteiger partial charge in [0.2, 0.25) is 5.91 Å². The van der Waals surface area contributed by atoms with E-state index < -0.39 is 0 Å². The lowest BCUT2D eigenvalue weighted by atomic mass is 10.2. The molecule has 14 heavy (non-hydrogen) atoms. The quantitative estimate of drug-likeness (QED) is 0.624. The largest absolute Gasteiger partial charge is 0.377 e. The highest BCUT2D eigenvalue weighted by Gasteiger charge is 2.18. The topological polar surface area (TPSA) is 59.6 Å². The maximum absolute atomic E-state index is 11.5. The molecule has 0 radical (unpaired) electrons. The van der Waals surface area contributed by atoms with Crippen LogP contribution in [0.3, 0.4) is 0 Å². The lowest BCUT2D eigenvalue weighted by Gasteiger charge is -2.18. The number of hydrogen-bond acceptors (Lipinski definition) is 4. The molecule has 0 saturated carbocycles. The fraction of sp³-hybridized carbons (Fsp3) is 0.889. The molecule has 0 aliphatic carbocycles. The standard InChI is InChI=1S/C9H18N2O3/c1-7(10-2)9(12)11-8-5-13-3-4-14-6-8/h7-8,10H,3-6H2,1-2H3,(H,11,12)/t7-/m0/s1. The normalized spacial score (nSPS) is 21.3. The second-order valence-corrected chi connectivity index (χ2v) is 3.37. The van der Waals surface area contributed by atoms with Crippen LogP contribution in [-0.2, 0) is 14.3 Å². The van der Waals surface area contributed by atoms with Crippen LogP contribution in [0.25, 0.3) is 0 Å². The number of amides is 1. The van der Waals surface area contributed by atoms with E-state index in [1.807, 2.05) is 6.92 Å². The van der Waals surface area contributed by atoms with Crippen molar-refractivity contribution < 1.29 is 14.3 Å². The highest BCUT2D eigenvalue weighted by atomic mass is 16.5. The molecule has 0 unspecified atom stereocenters. The minimum absolute atomic E-state index is 0.0217. The predicted octanol–water partition coefficient (Wildman–Crippen LogP) is -0.874. The number of carbonyl (C=O) groups excluding carboxylic acids is 1. The fourth-order valence-corrected chi connectivity index (χ4v) is 1.16. The molecule has 1 aliphatic heterocycles. The summed E-state index contributed by atoms with van der Waals surface area (Å²) in [6.45, 7) is 4.08. The first-order valence-corrected chi connectivity index (χ1v) is 4.87. The first-order chi connectivity index (χ1) is 6.74. The molecule has 1 amide bonds. The van der Waals surface area contributed by atoms with E-state index in [0.717, 1.165) is 0 Å². The Morgan fingerprint density at radius 1 is 1.36 bits per heavy atom. The molecule has 1 rings (SSSR count). The van der Waals surface area contributed by atoms with Gasteiger partial charge >= 0.3 is 0 Å². The molecule has 0 aromatic rings. The minimum atomic E-state index is -0.182. The number of ether oxygens (including phenoxy) is 2. The summed E-state index contributed by atoms with van der Waals surface area (Å²) >= 11 is 0. The molecular formula is C9H18N2O3. The minimum Gasteiger partial charge on any atom is -0.377 e. The maximum atomic E-state index is 11.5. The van der Waals surface area contributed by atoms with Crippen LogP contribution in [0, 0.1) is 0 Å². The monoisotopic (exact) mass is 202 g/mol. The summed E-state index contributed by atoms with van der Waals surface area (Å²) < 4.78 is 10.5. The molecule has 1 atom stereocenters. The molecular weight excluding hydrogens is 184 g/mol. The Labute approximate surface area is 84.1 Å².